The molecule has 1 unspecified atom stereocenters. The number of nitrogens with one attached hydrogen (secondary N) is 1. The van der Waals surface area contributed by atoms with Crippen LogP contribution in [-0.2, 0) is 9.47 Å². The molecule has 1 atom stereocenters. The van der Waals surface area contributed by atoms with Crippen LogP contribution in [0.3, 0.4) is 0 Å². The Hall–Kier alpha value is -0.420. The van der Waals surface area contributed by atoms with Crippen molar-refractivity contribution in [1.29, 1.82) is 0 Å². The van der Waals surface area contributed by atoms with Crippen LogP contribution in [0.2, 0.25) is 0 Å². The molecule has 0 spiro atoms. The molecule has 1 aliphatic heterocycles. The summed E-state index contributed by atoms with van der Waals surface area (Å²) in [5.74, 6) is 5.72. The number of allylic oxidation sites excluding steroid dienone is 1. The third-order valence-electron chi connectivity index (χ3n) is 3.98. The predicted molar refractivity (Wildman–Crippen MR) is 74.2 cm³/mol. The minimum atomic E-state index is -0.147. The van der Waals surface area contributed by atoms with Crippen LogP contribution in [-0.4, -0.2) is 32.0 Å². The molecule has 0 radical (unpaired) electrons. The normalized spacial score (nSPS) is 20.6. The number of ether oxygens (including phenoxy) is 2. The first-order chi connectivity index (χ1) is 8.79. The van der Waals surface area contributed by atoms with Crippen LogP contribution in [0.1, 0.15) is 44.9 Å². The highest BCUT2D eigenvalue weighted by Gasteiger charge is 2.39. The van der Waals surface area contributed by atoms with Gasteiger partial charge in [0, 0.05) is 33.2 Å². The molecule has 0 saturated carbocycles. The fourth-order valence-electron chi connectivity index (χ4n) is 2.72. The summed E-state index contributed by atoms with van der Waals surface area (Å²) in [5, 5.41) is 0. The maximum absolute atomic E-state index is 5.77. The number of nitrogens with two attached hydrogens (primary N) is 1. The summed E-state index contributed by atoms with van der Waals surface area (Å²) in [6.07, 6.45) is 9.59. The number of methoxy groups -OCH3 is 1. The number of hydrazine groups is 1. The first kappa shape index (κ1) is 15.6. The van der Waals surface area contributed by atoms with Crippen molar-refractivity contribution < 1.29 is 9.47 Å². The lowest BCUT2D eigenvalue weighted by Crippen LogP contribution is -2.57. The van der Waals surface area contributed by atoms with Gasteiger partial charge in [-0.05, 0) is 19.3 Å². The van der Waals surface area contributed by atoms with Crippen molar-refractivity contribution in [3.63, 3.8) is 0 Å². The van der Waals surface area contributed by atoms with Gasteiger partial charge < -0.3 is 9.47 Å². The topological polar surface area (TPSA) is 56.5 Å². The van der Waals surface area contributed by atoms with E-state index >= 15 is 0 Å². The Kier molecular flexibility index (Phi) is 7.51. The van der Waals surface area contributed by atoms with E-state index in [1.165, 1.54) is 19.3 Å². The van der Waals surface area contributed by atoms with Gasteiger partial charge in [0.2, 0.25) is 0 Å². The van der Waals surface area contributed by atoms with Gasteiger partial charge in [0.25, 0.3) is 0 Å². The molecule has 1 saturated heterocycles. The smallest absolute Gasteiger partial charge is 0.0888 e. The fourth-order valence-corrected chi connectivity index (χ4v) is 2.72. The molecule has 0 aromatic carbocycles. The lowest BCUT2D eigenvalue weighted by Gasteiger charge is -2.42. The maximum Gasteiger partial charge on any atom is 0.0888 e. The van der Waals surface area contributed by atoms with E-state index in [0.29, 0.717) is 0 Å². The lowest BCUT2D eigenvalue weighted by atomic mass is 9.83. The largest absolute Gasteiger partial charge is 0.381 e. The van der Waals surface area contributed by atoms with Crippen molar-refractivity contribution >= 4 is 0 Å². The molecule has 0 bridgehead atoms. The highest BCUT2D eigenvalue weighted by Crippen LogP contribution is 2.30. The number of hydrogen-bond acceptors (Lipinski definition) is 4. The molecule has 0 aliphatic carbocycles. The highest BCUT2D eigenvalue weighted by molar-refractivity contribution is 4.93. The zero-order chi connectivity index (χ0) is 13.3. The molecule has 1 aliphatic rings. The molecule has 1 fully saturated rings. The molecule has 1 heterocycles. The molecule has 3 N–H and O–H groups in total. The van der Waals surface area contributed by atoms with Crippen LogP contribution >= 0.6 is 0 Å². The first-order valence-corrected chi connectivity index (χ1v) is 6.99. The summed E-state index contributed by atoms with van der Waals surface area (Å²) in [5.41, 5.74) is 2.81. The summed E-state index contributed by atoms with van der Waals surface area (Å²) in [7, 11) is 1.79. The SMILES string of the molecule is C=CCCCCCC(NN)C1(OC)CCOCC1. The van der Waals surface area contributed by atoms with Gasteiger partial charge in [-0.15, -0.1) is 6.58 Å². The molecular formula is C14H28N2O2. The highest BCUT2D eigenvalue weighted by atomic mass is 16.5. The molecule has 0 amide bonds. The van der Waals surface area contributed by atoms with Gasteiger partial charge in [-0.2, -0.15) is 0 Å². The fraction of sp³-hybridized carbons (Fsp3) is 0.857. The maximum atomic E-state index is 5.77. The molecule has 0 aromatic rings. The summed E-state index contributed by atoms with van der Waals surface area (Å²) in [6.45, 7) is 5.27. The van der Waals surface area contributed by atoms with Gasteiger partial charge in [-0.3, -0.25) is 11.3 Å². The Balaban J connectivity index is 2.39. The van der Waals surface area contributed by atoms with E-state index in [0.717, 1.165) is 38.9 Å². The van der Waals surface area contributed by atoms with Crippen molar-refractivity contribution in [2.75, 3.05) is 20.3 Å². The third kappa shape index (κ3) is 4.35. The number of rotatable bonds is 9. The van der Waals surface area contributed by atoms with Crippen LogP contribution in [0, 0.1) is 0 Å². The Bertz CT molecular complexity index is 228. The second-order valence-electron chi connectivity index (χ2n) is 5.03. The summed E-state index contributed by atoms with van der Waals surface area (Å²) in [6, 6.07) is 0.218. The Labute approximate surface area is 111 Å². The predicted octanol–water partition coefficient (Wildman–Crippen LogP) is 2.15. The van der Waals surface area contributed by atoms with E-state index in [1.807, 2.05) is 6.08 Å². The number of hydrogen-bond donors (Lipinski definition) is 2. The van der Waals surface area contributed by atoms with E-state index in [9.17, 15) is 0 Å². The Morgan fingerprint density at radius 1 is 1.39 bits per heavy atom. The zero-order valence-electron chi connectivity index (χ0n) is 11.6. The molecular weight excluding hydrogens is 228 g/mol. The second kappa shape index (κ2) is 8.64. The zero-order valence-corrected chi connectivity index (χ0v) is 11.6. The Morgan fingerprint density at radius 2 is 2.11 bits per heavy atom. The monoisotopic (exact) mass is 256 g/mol. The van der Waals surface area contributed by atoms with Crippen molar-refractivity contribution in [1.82, 2.24) is 5.43 Å². The average Bonchev–Trinajstić information content (AvgIpc) is 2.43. The van der Waals surface area contributed by atoms with E-state index in [1.54, 1.807) is 7.11 Å². The van der Waals surface area contributed by atoms with Gasteiger partial charge in [-0.25, -0.2) is 0 Å². The minimum absolute atomic E-state index is 0.147. The van der Waals surface area contributed by atoms with Crippen LogP contribution in [0.4, 0.5) is 0 Å². The lowest BCUT2D eigenvalue weighted by molar-refractivity contribution is -0.112. The summed E-state index contributed by atoms with van der Waals surface area (Å²) >= 11 is 0. The van der Waals surface area contributed by atoms with Gasteiger partial charge >= 0.3 is 0 Å². The van der Waals surface area contributed by atoms with Crippen LogP contribution < -0.4 is 11.3 Å². The number of unbranched alkanes of at least 4 members (excludes halogenated alkanes) is 3. The second-order valence-corrected chi connectivity index (χ2v) is 5.03. The average molecular weight is 256 g/mol. The summed E-state index contributed by atoms with van der Waals surface area (Å²) < 4.78 is 11.2. The van der Waals surface area contributed by atoms with Crippen LogP contribution in [0.15, 0.2) is 12.7 Å². The first-order valence-electron chi connectivity index (χ1n) is 6.99. The molecule has 18 heavy (non-hydrogen) atoms. The van der Waals surface area contributed by atoms with Crippen molar-refractivity contribution in [2.45, 2.75) is 56.6 Å². The van der Waals surface area contributed by atoms with Crippen molar-refractivity contribution in [3.8, 4) is 0 Å². The standard InChI is InChI=1S/C14H28N2O2/c1-3-4-5-6-7-8-13(16-15)14(17-2)9-11-18-12-10-14/h3,13,16H,1,4-12,15H2,2H3. The molecule has 0 aromatic heterocycles. The van der Waals surface area contributed by atoms with Gasteiger partial charge in [0.15, 0.2) is 0 Å². The third-order valence-corrected chi connectivity index (χ3v) is 3.98. The van der Waals surface area contributed by atoms with Crippen LogP contribution in [0.5, 0.6) is 0 Å². The molecule has 106 valence electrons. The summed E-state index contributed by atoms with van der Waals surface area (Å²) in [4.78, 5) is 0. The minimum Gasteiger partial charge on any atom is -0.381 e. The van der Waals surface area contributed by atoms with Crippen molar-refractivity contribution in [2.24, 2.45) is 5.84 Å². The van der Waals surface area contributed by atoms with E-state index in [4.69, 9.17) is 15.3 Å². The van der Waals surface area contributed by atoms with Crippen LogP contribution in [0.25, 0.3) is 0 Å². The molecule has 4 nitrogen and oxygen atoms in total. The molecule has 1 rings (SSSR count). The van der Waals surface area contributed by atoms with Gasteiger partial charge in [-0.1, -0.05) is 18.9 Å². The Morgan fingerprint density at radius 3 is 2.67 bits per heavy atom. The molecule has 4 heteroatoms. The quantitative estimate of drug-likeness (QED) is 0.287. The van der Waals surface area contributed by atoms with Crippen molar-refractivity contribution in [3.05, 3.63) is 12.7 Å². The van der Waals surface area contributed by atoms with Gasteiger partial charge in [0.05, 0.1) is 11.6 Å². The van der Waals surface area contributed by atoms with E-state index < -0.39 is 0 Å². The van der Waals surface area contributed by atoms with Gasteiger partial charge in [0.1, 0.15) is 0 Å². The van der Waals surface area contributed by atoms with E-state index in [-0.39, 0.29) is 11.6 Å². The van der Waals surface area contributed by atoms with E-state index in [2.05, 4.69) is 12.0 Å².